The van der Waals surface area contributed by atoms with E-state index in [4.69, 9.17) is 16.3 Å². The van der Waals surface area contributed by atoms with E-state index in [1.807, 2.05) is 0 Å². The molecule has 0 aromatic heterocycles. The van der Waals surface area contributed by atoms with Crippen LogP contribution in [0.15, 0.2) is 18.2 Å². The van der Waals surface area contributed by atoms with Crippen LogP contribution in [0.2, 0.25) is 5.02 Å². The summed E-state index contributed by atoms with van der Waals surface area (Å²) in [5.74, 6) is 0.0978. The highest BCUT2D eigenvalue weighted by Gasteiger charge is 2.29. The number of amides is 1. The quantitative estimate of drug-likeness (QED) is 0.684. The molecule has 1 aliphatic rings. The third-order valence-corrected chi connectivity index (χ3v) is 6.44. The van der Waals surface area contributed by atoms with Gasteiger partial charge in [0, 0.05) is 13.1 Å². The highest BCUT2D eigenvalue weighted by Crippen LogP contribution is 2.31. The molecule has 1 atom stereocenters. The van der Waals surface area contributed by atoms with Gasteiger partial charge in [-0.3, -0.25) is 9.10 Å². The van der Waals surface area contributed by atoms with Gasteiger partial charge in [0.05, 0.1) is 24.1 Å². The Morgan fingerprint density at radius 2 is 1.93 bits per heavy atom. The van der Waals surface area contributed by atoms with Gasteiger partial charge in [-0.05, 0) is 51.1 Å². The van der Waals surface area contributed by atoms with E-state index in [1.54, 1.807) is 19.1 Å². The van der Waals surface area contributed by atoms with Crippen LogP contribution in [0.1, 0.15) is 32.6 Å². The number of hydrogen-bond acceptors (Lipinski definition) is 5. The molecule has 0 bridgehead atoms. The second-order valence-electron chi connectivity index (χ2n) is 7.10. The topological polar surface area (TPSA) is 79.0 Å². The summed E-state index contributed by atoms with van der Waals surface area (Å²) in [7, 11) is -2.20. The number of rotatable bonds is 8. The van der Waals surface area contributed by atoms with Crippen LogP contribution >= 0.6 is 11.6 Å². The molecule has 0 spiro atoms. The lowest BCUT2D eigenvalue weighted by Crippen LogP contribution is -2.49. The molecule has 0 aliphatic carbocycles. The van der Waals surface area contributed by atoms with Gasteiger partial charge in [-0.15, -0.1) is 0 Å². The van der Waals surface area contributed by atoms with Crippen molar-refractivity contribution in [1.82, 2.24) is 10.2 Å². The number of carbonyl (C=O) groups is 1. The molecule has 1 saturated heterocycles. The molecule has 1 aromatic carbocycles. The van der Waals surface area contributed by atoms with Crippen LogP contribution in [0.3, 0.4) is 0 Å². The van der Waals surface area contributed by atoms with Crippen molar-refractivity contribution < 1.29 is 17.9 Å². The summed E-state index contributed by atoms with van der Waals surface area (Å²) >= 11 is 6.14. The van der Waals surface area contributed by atoms with Gasteiger partial charge in [-0.25, -0.2) is 8.42 Å². The number of carbonyl (C=O) groups excluding carboxylic acids is 1. The summed E-state index contributed by atoms with van der Waals surface area (Å²) in [6.45, 7) is 4.92. The van der Waals surface area contributed by atoms with Crippen LogP contribution in [-0.4, -0.2) is 64.8 Å². The monoisotopic (exact) mass is 431 g/mol. The van der Waals surface area contributed by atoms with Crippen molar-refractivity contribution in [2.75, 3.05) is 43.8 Å². The van der Waals surface area contributed by atoms with Gasteiger partial charge in [0.15, 0.2) is 0 Å². The smallest absolute Gasteiger partial charge is 0.243 e. The fourth-order valence-electron chi connectivity index (χ4n) is 3.45. The Morgan fingerprint density at radius 3 is 2.46 bits per heavy atom. The summed E-state index contributed by atoms with van der Waals surface area (Å²) in [4.78, 5) is 15.0. The number of methoxy groups -OCH3 is 1. The average molecular weight is 432 g/mol. The SMILES string of the molecule is COc1ccc(N(C(C)C(=O)NCCN2CCCCCC2)S(C)(=O)=O)cc1Cl. The lowest BCUT2D eigenvalue weighted by atomic mass is 10.2. The Kier molecular flexibility index (Phi) is 8.39. The maximum Gasteiger partial charge on any atom is 0.243 e. The normalized spacial score (nSPS) is 16.9. The molecule has 2 rings (SSSR count). The van der Waals surface area contributed by atoms with Crippen LogP contribution in [0, 0.1) is 0 Å². The lowest BCUT2D eigenvalue weighted by molar-refractivity contribution is -0.121. The van der Waals surface area contributed by atoms with Crippen molar-refractivity contribution in [2.24, 2.45) is 0 Å². The van der Waals surface area contributed by atoms with Crippen LogP contribution < -0.4 is 14.4 Å². The Bertz CT molecular complexity index is 764. The molecule has 1 N–H and O–H groups in total. The maximum absolute atomic E-state index is 12.6. The van der Waals surface area contributed by atoms with Gasteiger partial charge in [-0.1, -0.05) is 24.4 Å². The molecule has 9 heteroatoms. The molecule has 1 heterocycles. The molecule has 0 radical (unpaired) electrons. The lowest BCUT2D eigenvalue weighted by Gasteiger charge is -2.29. The van der Waals surface area contributed by atoms with E-state index in [1.165, 1.54) is 38.9 Å². The highest BCUT2D eigenvalue weighted by atomic mass is 35.5. The maximum atomic E-state index is 12.6. The number of hydrogen-bond donors (Lipinski definition) is 1. The minimum atomic E-state index is -3.69. The van der Waals surface area contributed by atoms with E-state index in [-0.39, 0.29) is 10.9 Å². The Hall–Kier alpha value is -1.51. The molecule has 158 valence electrons. The Balaban J connectivity index is 2.04. The number of nitrogens with one attached hydrogen (secondary N) is 1. The molecule has 1 aliphatic heterocycles. The van der Waals surface area contributed by atoms with Crippen LogP contribution in [-0.2, 0) is 14.8 Å². The van der Waals surface area contributed by atoms with Crippen LogP contribution in [0.5, 0.6) is 5.75 Å². The van der Waals surface area contributed by atoms with E-state index < -0.39 is 16.1 Å². The summed E-state index contributed by atoms with van der Waals surface area (Å²) in [6.07, 6.45) is 5.96. The van der Waals surface area contributed by atoms with E-state index >= 15 is 0 Å². The number of anilines is 1. The van der Waals surface area contributed by atoms with Crippen LogP contribution in [0.4, 0.5) is 5.69 Å². The van der Waals surface area contributed by atoms with Crippen molar-refractivity contribution in [3.63, 3.8) is 0 Å². The van der Waals surface area contributed by atoms with Gasteiger partial charge in [0.25, 0.3) is 0 Å². The van der Waals surface area contributed by atoms with Crippen molar-refractivity contribution in [1.29, 1.82) is 0 Å². The predicted octanol–water partition coefficient (Wildman–Crippen LogP) is 2.50. The first-order chi connectivity index (χ1) is 13.2. The number of nitrogens with zero attached hydrogens (tertiary/aromatic N) is 2. The van der Waals surface area contributed by atoms with Gasteiger partial charge in [0.1, 0.15) is 11.8 Å². The summed E-state index contributed by atoms with van der Waals surface area (Å²) in [6, 6.07) is 3.75. The molecule has 1 aromatic rings. The highest BCUT2D eigenvalue weighted by molar-refractivity contribution is 7.92. The fourth-order valence-corrected chi connectivity index (χ4v) is 4.86. The molecule has 1 fully saturated rings. The van der Waals surface area contributed by atoms with Crippen molar-refractivity contribution in [3.8, 4) is 5.75 Å². The van der Waals surface area contributed by atoms with Crippen molar-refractivity contribution in [3.05, 3.63) is 23.2 Å². The number of benzene rings is 1. The zero-order valence-electron chi connectivity index (χ0n) is 16.8. The molecular weight excluding hydrogens is 402 g/mol. The largest absolute Gasteiger partial charge is 0.495 e. The molecule has 1 unspecified atom stereocenters. The summed E-state index contributed by atoms with van der Waals surface area (Å²) in [5.41, 5.74) is 0.323. The predicted molar refractivity (Wildman–Crippen MR) is 113 cm³/mol. The zero-order chi connectivity index (χ0) is 20.7. The standard InChI is InChI=1S/C19H30ClN3O4S/c1-15(19(24)21-10-13-22-11-6-4-5-7-12-22)23(28(3,25)26)16-8-9-18(27-2)17(20)14-16/h8-9,14-15H,4-7,10-13H2,1-3H3,(H,21,24). The van der Waals surface area contributed by atoms with Gasteiger partial charge in [0.2, 0.25) is 15.9 Å². The van der Waals surface area contributed by atoms with Crippen molar-refractivity contribution >= 4 is 33.2 Å². The first-order valence-electron chi connectivity index (χ1n) is 9.57. The molecule has 0 saturated carbocycles. The molecular formula is C19H30ClN3O4S. The van der Waals surface area contributed by atoms with Gasteiger partial charge >= 0.3 is 0 Å². The van der Waals surface area contributed by atoms with E-state index in [0.29, 0.717) is 18.0 Å². The third-order valence-electron chi connectivity index (χ3n) is 4.90. The van der Waals surface area contributed by atoms with Crippen molar-refractivity contribution in [2.45, 2.75) is 38.6 Å². The van der Waals surface area contributed by atoms with E-state index in [2.05, 4.69) is 10.2 Å². The van der Waals surface area contributed by atoms with E-state index in [0.717, 1.165) is 30.2 Å². The third kappa shape index (κ3) is 6.25. The molecule has 28 heavy (non-hydrogen) atoms. The second-order valence-corrected chi connectivity index (χ2v) is 9.37. The fraction of sp³-hybridized carbons (Fsp3) is 0.632. The van der Waals surface area contributed by atoms with E-state index in [9.17, 15) is 13.2 Å². The first-order valence-corrected chi connectivity index (χ1v) is 11.8. The van der Waals surface area contributed by atoms with Gasteiger partial charge in [-0.2, -0.15) is 0 Å². The number of halogens is 1. The first kappa shape index (κ1) is 22.8. The minimum Gasteiger partial charge on any atom is -0.495 e. The number of sulfonamides is 1. The average Bonchev–Trinajstić information content (AvgIpc) is 2.89. The summed E-state index contributed by atoms with van der Waals surface area (Å²) < 4.78 is 30.9. The molecule has 1 amide bonds. The van der Waals surface area contributed by atoms with Crippen LogP contribution in [0.25, 0.3) is 0 Å². The van der Waals surface area contributed by atoms with Gasteiger partial charge < -0.3 is 15.0 Å². The second kappa shape index (κ2) is 10.3. The molecule has 7 nitrogen and oxygen atoms in total. The number of likely N-dealkylation sites (tertiary alicyclic amines) is 1. The summed E-state index contributed by atoms with van der Waals surface area (Å²) in [5, 5.41) is 3.15. The Morgan fingerprint density at radius 1 is 1.29 bits per heavy atom. The number of ether oxygens (including phenoxy) is 1. The zero-order valence-corrected chi connectivity index (χ0v) is 18.4. The minimum absolute atomic E-state index is 0.280. The Labute approximate surface area is 173 Å².